The molecule has 0 bridgehead atoms. The molecular formula is C15H21N5O2S. The van der Waals surface area contributed by atoms with Gasteiger partial charge in [0.2, 0.25) is 11.9 Å². The van der Waals surface area contributed by atoms with Crippen LogP contribution in [0.25, 0.3) is 0 Å². The molecule has 8 heteroatoms. The molecule has 1 aromatic rings. The average molecular weight is 335 g/mol. The summed E-state index contributed by atoms with van der Waals surface area (Å²) in [5.41, 5.74) is 0. The number of carbonyl (C=O) groups is 2. The molecule has 2 fully saturated rings. The highest BCUT2D eigenvalue weighted by atomic mass is 32.2. The zero-order valence-electron chi connectivity index (χ0n) is 13.0. The van der Waals surface area contributed by atoms with Crippen molar-refractivity contribution in [2.24, 2.45) is 0 Å². The lowest BCUT2D eigenvalue weighted by Crippen LogP contribution is -2.48. The largest absolute Gasteiger partial charge is 0.352 e. The van der Waals surface area contributed by atoms with E-state index in [0.717, 1.165) is 38.2 Å². The summed E-state index contributed by atoms with van der Waals surface area (Å²) >= 11 is 1.33. The fourth-order valence-corrected chi connectivity index (χ4v) is 3.75. The molecule has 2 aliphatic rings. The third-order valence-corrected chi connectivity index (χ3v) is 4.97. The van der Waals surface area contributed by atoms with Crippen LogP contribution in [0, 0.1) is 0 Å². The highest BCUT2D eigenvalue weighted by Gasteiger charge is 2.24. The van der Waals surface area contributed by atoms with Gasteiger partial charge in [-0.1, -0.05) is 11.8 Å². The van der Waals surface area contributed by atoms with Gasteiger partial charge in [0, 0.05) is 56.8 Å². The number of rotatable bonds is 5. The Balaban J connectivity index is 1.45. The Bertz CT molecular complexity index is 556. The maximum Gasteiger partial charge on any atom is 0.281 e. The fraction of sp³-hybridized carbons (Fsp3) is 0.600. The zero-order chi connectivity index (χ0) is 16.1. The number of nitrogens with one attached hydrogen (secondary N) is 1. The summed E-state index contributed by atoms with van der Waals surface area (Å²) in [7, 11) is 0. The van der Waals surface area contributed by atoms with Crippen LogP contribution in [-0.2, 0) is 4.79 Å². The number of hydrogen-bond acceptors (Lipinski definition) is 6. The van der Waals surface area contributed by atoms with Gasteiger partial charge in [-0.2, -0.15) is 0 Å². The second-order valence-corrected chi connectivity index (χ2v) is 6.80. The first-order valence-electron chi connectivity index (χ1n) is 7.95. The number of hydrogen-bond donors (Lipinski definition) is 1. The summed E-state index contributed by atoms with van der Waals surface area (Å²) in [6.45, 7) is 2.90. The van der Waals surface area contributed by atoms with Crippen LogP contribution in [0.5, 0.6) is 0 Å². The van der Waals surface area contributed by atoms with Gasteiger partial charge >= 0.3 is 0 Å². The van der Waals surface area contributed by atoms with Crippen LogP contribution in [0.2, 0.25) is 0 Å². The lowest BCUT2D eigenvalue weighted by molar-refractivity contribution is -0.122. The molecule has 0 aromatic carbocycles. The van der Waals surface area contributed by atoms with E-state index < -0.39 is 0 Å². The third kappa shape index (κ3) is 4.34. The van der Waals surface area contributed by atoms with Crippen molar-refractivity contribution in [2.45, 2.75) is 25.3 Å². The molecule has 7 nitrogen and oxygen atoms in total. The lowest BCUT2D eigenvalue weighted by Gasteiger charge is -2.33. The fourth-order valence-electron chi connectivity index (χ4n) is 2.90. The van der Waals surface area contributed by atoms with E-state index in [4.69, 9.17) is 0 Å². The summed E-state index contributed by atoms with van der Waals surface area (Å²) in [5.74, 6) is 1.55. The summed E-state index contributed by atoms with van der Waals surface area (Å²) in [6.07, 6.45) is 5.80. The van der Waals surface area contributed by atoms with Gasteiger partial charge in [0.1, 0.15) is 0 Å². The first-order chi connectivity index (χ1) is 11.2. The second kappa shape index (κ2) is 7.63. The first kappa shape index (κ1) is 16.0. The van der Waals surface area contributed by atoms with Crippen LogP contribution in [-0.4, -0.2) is 64.0 Å². The predicted molar refractivity (Wildman–Crippen MR) is 89.5 cm³/mol. The number of anilines is 1. The molecule has 0 spiro atoms. The molecule has 3 rings (SSSR count). The quantitative estimate of drug-likeness (QED) is 0.869. The number of thioether (sulfide) groups is 1. The van der Waals surface area contributed by atoms with Crippen LogP contribution < -0.4 is 10.2 Å². The maximum atomic E-state index is 12.1. The van der Waals surface area contributed by atoms with Crippen molar-refractivity contribution in [3.05, 3.63) is 18.5 Å². The van der Waals surface area contributed by atoms with Crippen molar-refractivity contribution in [3.63, 3.8) is 0 Å². The topological polar surface area (TPSA) is 78.4 Å². The molecule has 1 aromatic heterocycles. The van der Waals surface area contributed by atoms with Crippen molar-refractivity contribution in [1.29, 1.82) is 0 Å². The molecule has 2 aliphatic heterocycles. The Morgan fingerprint density at radius 3 is 2.91 bits per heavy atom. The van der Waals surface area contributed by atoms with E-state index in [1.54, 1.807) is 23.4 Å². The Morgan fingerprint density at radius 1 is 1.35 bits per heavy atom. The monoisotopic (exact) mass is 335 g/mol. The summed E-state index contributed by atoms with van der Waals surface area (Å²) < 4.78 is 0. The minimum atomic E-state index is 0.00975. The van der Waals surface area contributed by atoms with Crippen LogP contribution in [0.4, 0.5) is 10.7 Å². The van der Waals surface area contributed by atoms with Gasteiger partial charge in [-0.05, 0) is 18.9 Å². The molecule has 0 radical (unpaired) electrons. The molecular weight excluding hydrogens is 314 g/mol. The van der Waals surface area contributed by atoms with Crippen LogP contribution in [0.15, 0.2) is 18.5 Å². The number of piperidine rings is 1. The molecule has 124 valence electrons. The van der Waals surface area contributed by atoms with E-state index in [1.807, 2.05) is 0 Å². The Hall–Kier alpha value is -1.83. The van der Waals surface area contributed by atoms with Crippen molar-refractivity contribution in [1.82, 2.24) is 20.2 Å². The minimum Gasteiger partial charge on any atom is -0.352 e. The number of nitrogens with zero attached hydrogens (tertiary/aromatic N) is 4. The summed E-state index contributed by atoms with van der Waals surface area (Å²) in [5, 5.41) is 3.16. The molecule has 3 heterocycles. The van der Waals surface area contributed by atoms with Gasteiger partial charge in [0.25, 0.3) is 5.24 Å². The first-order valence-corrected chi connectivity index (χ1v) is 8.94. The zero-order valence-corrected chi connectivity index (χ0v) is 13.8. The number of amides is 2. The molecule has 0 aliphatic carbocycles. The Morgan fingerprint density at radius 2 is 2.17 bits per heavy atom. The maximum absolute atomic E-state index is 12.1. The molecule has 23 heavy (non-hydrogen) atoms. The SMILES string of the molecule is O=C(CCN1CCSC1=O)NC1CCCN(c2ncccn2)C1. The second-order valence-electron chi connectivity index (χ2n) is 5.75. The molecule has 2 amide bonds. The normalized spacial score (nSPS) is 21.6. The minimum absolute atomic E-state index is 0.00975. The van der Waals surface area contributed by atoms with Gasteiger partial charge < -0.3 is 15.1 Å². The van der Waals surface area contributed by atoms with Gasteiger partial charge in [-0.25, -0.2) is 9.97 Å². The van der Waals surface area contributed by atoms with Crippen LogP contribution in [0.3, 0.4) is 0 Å². The van der Waals surface area contributed by atoms with E-state index in [9.17, 15) is 9.59 Å². The Labute approximate surface area is 139 Å². The highest BCUT2D eigenvalue weighted by Crippen LogP contribution is 2.18. The lowest BCUT2D eigenvalue weighted by atomic mass is 10.1. The molecule has 0 saturated carbocycles. The van der Waals surface area contributed by atoms with Crippen molar-refractivity contribution >= 4 is 28.9 Å². The smallest absolute Gasteiger partial charge is 0.281 e. The highest BCUT2D eigenvalue weighted by molar-refractivity contribution is 8.13. The van der Waals surface area contributed by atoms with Crippen molar-refractivity contribution in [2.75, 3.05) is 36.8 Å². The van der Waals surface area contributed by atoms with E-state index in [0.29, 0.717) is 18.9 Å². The molecule has 1 atom stereocenters. The van der Waals surface area contributed by atoms with Gasteiger partial charge in [0.05, 0.1) is 0 Å². The van der Waals surface area contributed by atoms with Crippen LogP contribution >= 0.6 is 11.8 Å². The van der Waals surface area contributed by atoms with Gasteiger partial charge in [0.15, 0.2) is 0 Å². The third-order valence-electron chi connectivity index (χ3n) is 4.08. The standard InChI is InChI=1S/C15H21N5O2S/c21-13(4-8-19-9-10-23-15(19)22)18-12-3-1-7-20(11-12)14-16-5-2-6-17-14/h2,5-6,12H,1,3-4,7-11H2,(H,18,21). The molecule has 1 N–H and O–H groups in total. The number of carbonyl (C=O) groups excluding carboxylic acids is 2. The van der Waals surface area contributed by atoms with Crippen LogP contribution in [0.1, 0.15) is 19.3 Å². The van der Waals surface area contributed by atoms with E-state index in [-0.39, 0.29) is 17.2 Å². The van der Waals surface area contributed by atoms with E-state index in [2.05, 4.69) is 20.2 Å². The summed E-state index contributed by atoms with van der Waals surface area (Å²) in [6, 6.07) is 1.91. The number of aromatic nitrogens is 2. The van der Waals surface area contributed by atoms with Gasteiger partial charge in [-0.15, -0.1) is 0 Å². The Kier molecular flexibility index (Phi) is 5.32. The van der Waals surface area contributed by atoms with Crippen molar-refractivity contribution in [3.8, 4) is 0 Å². The van der Waals surface area contributed by atoms with Gasteiger partial charge in [-0.3, -0.25) is 9.59 Å². The van der Waals surface area contributed by atoms with E-state index in [1.165, 1.54) is 11.8 Å². The van der Waals surface area contributed by atoms with Crippen molar-refractivity contribution < 1.29 is 9.59 Å². The molecule has 2 saturated heterocycles. The predicted octanol–water partition coefficient (Wildman–Crippen LogP) is 1.12. The average Bonchev–Trinajstić information content (AvgIpc) is 2.99. The molecule has 1 unspecified atom stereocenters. The van der Waals surface area contributed by atoms with E-state index >= 15 is 0 Å². The summed E-state index contributed by atoms with van der Waals surface area (Å²) in [4.78, 5) is 36.0.